The average Bonchev–Trinajstić information content (AvgIpc) is 1.93. The highest BCUT2D eigenvalue weighted by Gasteiger charge is 2.01. The maximum Gasteiger partial charge on any atom is 0.304 e. The van der Waals surface area contributed by atoms with Gasteiger partial charge in [0.25, 0.3) is 0 Å². The SMILES string of the molecule is Cc1ccccc1SC(N)=[NH2+]. The zero-order valence-corrected chi connectivity index (χ0v) is 7.19. The lowest BCUT2D eigenvalue weighted by atomic mass is 10.2. The molecule has 0 aliphatic rings. The standard InChI is InChI=1S/C8H10N2S/c1-6-4-2-3-5-7(6)11-8(9)10/h2-5H,1H3,(H3,9,10)/p+1. The summed E-state index contributed by atoms with van der Waals surface area (Å²) in [7, 11) is 0. The first-order chi connectivity index (χ1) is 5.20. The number of thioether (sulfide) groups is 1. The van der Waals surface area contributed by atoms with Crippen LogP contribution in [0.4, 0.5) is 0 Å². The normalized spacial score (nSPS) is 9.55. The molecular weight excluding hydrogens is 156 g/mol. The number of benzene rings is 1. The van der Waals surface area contributed by atoms with Gasteiger partial charge in [-0.05, 0) is 30.3 Å². The molecule has 1 aromatic carbocycles. The van der Waals surface area contributed by atoms with E-state index in [1.54, 1.807) is 0 Å². The monoisotopic (exact) mass is 167 g/mol. The molecule has 0 aromatic heterocycles. The van der Waals surface area contributed by atoms with E-state index >= 15 is 0 Å². The summed E-state index contributed by atoms with van der Waals surface area (Å²) in [5, 5.41) is 5.74. The Hall–Kier alpha value is -0.960. The molecule has 0 amide bonds. The number of rotatable bonds is 1. The maximum absolute atomic E-state index is 5.35. The smallest absolute Gasteiger partial charge is 0.281 e. The quantitative estimate of drug-likeness (QED) is 0.356. The van der Waals surface area contributed by atoms with E-state index in [1.165, 1.54) is 17.3 Å². The van der Waals surface area contributed by atoms with Crippen LogP contribution in [0.5, 0.6) is 0 Å². The average molecular weight is 167 g/mol. The van der Waals surface area contributed by atoms with Crippen LogP contribution in [0.15, 0.2) is 29.2 Å². The van der Waals surface area contributed by atoms with Gasteiger partial charge in [0.1, 0.15) is 0 Å². The highest BCUT2D eigenvalue weighted by Crippen LogP contribution is 2.19. The number of amidine groups is 1. The van der Waals surface area contributed by atoms with Crippen LogP contribution >= 0.6 is 11.8 Å². The zero-order valence-electron chi connectivity index (χ0n) is 6.37. The molecule has 1 aromatic rings. The Morgan fingerprint density at radius 1 is 1.45 bits per heavy atom. The van der Waals surface area contributed by atoms with E-state index in [9.17, 15) is 0 Å². The summed E-state index contributed by atoms with van der Waals surface area (Å²) < 4.78 is 0. The molecule has 2 nitrogen and oxygen atoms in total. The topological polar surface area (TPSA) is 51.6 Å². The van der Waals surface area contributed by atoms with Crippen LogP contribution in [-0.4, -0.2) is 5.17 Å². The lowest BCUT2D eigenvalue weighted by Gasteiger charge is -1.98. The summed E-state index contributed by atoms with van der Waals surface area (Å²) in [5.41, 5.74) is 6.55. The number of aryl methyl sites for hydroxylation is 1. The lowest BCUT2D eigenvalue weighted by Crippen LogP contribution is -2.43. The van der Waals surface area contributed by atoms with Crippen molar-refractivity contribution in [1.82, 2.24) is 0 Å². The van der Waals surface area contributed by atoms with Crippen molar-refractivity contribution in [1.29, 1.82) is 0 Å². The molecule has 0 atom stereocenters. The molecule has 0 fully saturated rings. The highest BCUT2D eigenvalue weighted by molar-refractivity contribution is 8.13. The highest BCUT2D eigenvalue weighted by atomic mass is 32.2. The fourth-order valence-corrected chi connectivity index (χ4v) is 1.43. The van der Waals surface area contributed by atoms with Gasteiger partial charge in [-0.1, -0.05) is 18.2 Å². The van der Waals surface area contributed by atoms with Crippen LogP contribution in [-0.2, 0) is 0 Å². The van der Waals surface area contributed by atoms with Gasteiger partial charge in [-0.3, -0.25) is 11.1 Å². The minimum absolute atomic E-state index is 0.388. The Morgan fingerprint density at radius 3 is 2.64 bits per heavy atom. The van der Waals surface area contributed by atoms with Crippen LogP contribution < -0.4 is 11.1 Å². The molecule has 0 spiro atoms. The zero-order chi connectivity index (χ0) is 8.27. The molecule has 0 bridgehead atoms. The van der Waals surface area contributed by atoms with Gasteiger partial charge < -0.3 is 0 Å². The molecule has 4 N–H and O–H groups in total. The molecule has 3 heteroatoms. The first-order valence-electron chi connectivity index (χ1n) is 3.31. The molecular formula is C8H11N2S+. The molecule has 0 heterocycles. The summed E-state index contributed by atoms with van der Waals surface area (Å²) in [4.78, 5) is 1.12. The molecule has 1 rings (SSSR count). The van der Waals surface area contributed by atoms with Crippen molar-refractivity contribution in [3.8, 4) is 0 Å². The third kappa shape index (κ3) is 2.27. The summed E-state index contributed by atoms with van der Waals surface area (Å²) in [6.45, 7) is 2.03. The first kappa shape index (κ1) is 8.14. The third-order valence-electron chi connectivity index (χ3n) is 1.32. The predicted octanol–water partition coefficient (Wildman–Crippen LogP) is 0.161. The second-order valence-electron chi connectivity index (χ2n) is 2.27. The van der Waals surface area contributed by atoms with E-state index in [-0.39, 0.29) is 0 Å². The Bertz CT molecular complexity index is 271. The molecule has 0 aliphatic carbocycles. The second kappa shape index (κ2) is 3.44. The van der Waals surface area contributed by atoms with Crippen LogP contribution in [0.2, 0.25) is 0 Å². The van der Waals surface area contributed by atoms with E-state index in [4.69, 9.17) is 11.1 Å². The fourth-order valence-electron chi connectivity index (χ4n) is 0.798. The number of hydrogen-bond acceptors (Lipinski definition) is 1. The Balaban J connectivity index is 2.86. The van der Waals surface area contributed by atoms with Gasteiger partial charge in [0.2, 0.25) is 0 Å². The van der Waals surface area contributed by atoms with Crippen molar-refractivity contribution < 1.29 is 5.41 Å². The van der Waals surface area contributed by atoms with Crippen molar-refractivity contribution in [3.63, 3.8) is 0 Å². The van der Waals surface area contributed by atoms with Crippen LogP contribution in [0, 0.1) is 6.92 Å². The first-order valence-corrected chi connectivity index (χ1v) is 4.13. The number of nitrogens with two attached hydrogens (primary N) is 2. The van der Waals surface area contributed by atoms with E-state index in [2.05, 4.69) is 0 Å². The lowest BCUT2D eigenvalue weighted by molar-refractivity contribution is -0.110. The maximum atomic E-state index is 5.35. The van der Waals surface area contributed by atoms with Gasteiger partial charge in [-0.15, -0.1) is 0 Å². The van der Waals surface area contributed by atoms with Crippen molar-refractivity contribution in [2.45, 2.75) is 11.8 Å². The van der Waals surface area contributed by atoms with Crippen molar-refractivity contribution in [2.24, 2.45) is 5.73 Å². The summed E-state index contributed by atoms with van der Waals surface area (Å²) in [6, 6.07) is 8.00. The van der Waals surface area contributed by atoms with Gasteiger partial charge in [0.05, 0.1) is 0 Å². The Labute approximate surface area is 70.3 Å². The predicted molar refractivity (Wildman–Crippen MR) is 48.2 cm³/mol. The van der Waals surface area contributed by atoms with Crippen LogP contribution in [0.1, 0.15) is 5.56 Å². The van der Waals surface area contributed by atoms with E-state index in [1.807, 2.05) is 31.2 Å². The third-order valence-corrected chi connectivity index (χ3v) is 2.24. The van der Waals surface area contributed by atoms with Gasteiger partial charge in [-0.25, -0.2) is 0 Å². The molecule has 0 aliphatic heterocycles. The van der Waals surface area contributed by atoms with Crippen molar-refractivity contribution in [3.05, 3.63) is 29.8 Å². The van der Waals surface area contributed by atoms with Gasteiger partial charge in [0.15, 0.2) is 0 Å². The molecule has 0 unspecified atom stereocenters. The van der Waals surface area contributed by atoms with Crippen LogP contribution in [0.3, 0.4) is 0 Å². The summed E-state index contributed by atoms with van der Waals surface area (Å²) in [6.07, 6.45) is 0. The minimum Gasteiger partial charge on any atom is -0.281 e. The Kier molecular flexibility index (Phi) is 2.54. The molecule has 0 saturated heterocycles. The molecule has 0 radical (unpaired) electrons. The fraction of sp³-hybridized carbons (Fsp3) is 0.125. The van der Waals surface area contributed by atoms with Gasteiger partial charge >= 0.3 is 5.17 Å². The summed E-state index contributed by atoms with van der Waals surface area (Å²) >= 11 is 1.40. The Morgan fingerprint density at radius 2 is 2.09 bits per heavy atom. The van der Waals surface area contributed by atoms with E-state index < -0.39 is 0 Å². The van der Waals surface area contributed by atoms with E-state index in [0.29, 0.717) is 5.17 Å². The molecule has 0 saturated carbocycles. The number of hydrogen-bond donors (Lipinski definition) is 2. The molecule has 58 valence electrons. The van der Waals surface area contributed by atoms with Gasteiger partial charge in [-0.2, -0.15) is 0 Å². The summed E-state index contributed by atoms with van der Waals surface area (Å²) in [5.74, 6) is 0. The van der Waals surface area contributed by atoms with E-state index in [0.717, 1.165) is 4.90 Å². The molecule has 11 heavy (non-hydrogen) atoms. The second-order valence-corrected chi connectivity index (χ2v) is 3.39. The largest absolute Gasteiger partial charge is 0.304 e. The van der Waals surface area contributed by atoms with Gasteiger partial charge in [0, 0.05) is 4.90 Å². The van der Waals surface area contributed by atoms with Crippen molar-refractivity contribution >= 4 is 16.9 Å². The van der Waals surface area contributed by atoms with Crippen LogP contribution in [0.25, 0.3) is 0 Å². The minimum atomic E-state index is 0.388. The van der Waals surface area contributed by atoms with Crippen molar-refractivity contribution in [2.75, 3.05) is 0 Å².